The number of hydrogen-bond donors (Lipinski definition) is 1. The second-order valence-electron chi connectivity index (χ2n) is 5.46. The van der Waals surface area contributed by atoms with Crippen molar-refractivity contribution in [3.63, 3.8) is 0 Å². The number of esters is 1. The minimum absolute atomic E-state index is 0.0375. The average Bonchev–Trinajstić information content (AvgIpc) is 2.61. The van der Waals surface area contributed by atoms with Gasteiger partial charge >= 0.3 is 5.97 Å². The van der Waals surface area contributed by atoms with Gasteiger partial charge in [-0.1, -0.05) is 30.3 Å². The molecule has 1 aromatic rings. The lowest BCUT2D eigenvalue weighted by atomic mass is 9.97. The number of rotatable bonds is 6. The SMILES string of the molecule is COC(=O)CCCC(=O)N1CCO[C@@H](CO)[C@@H]1c1ccccc1. The highest BCUT2D eigenvalue weighted by atomic mass is 16.5. The Bertz CT molecular complexity index is 519. The molecule has 0 bridgehead atoms. The molecule has 0 unspecified atom stereocenters. The quantitative estimate of drug-likeness (QED) is 0.799. The van der Waals surface area contributed by atoms with Crippen LogP contribution >= 0.6 is 0 Å². The summed E-state index contributed by atoms with van der Waals surface area (Å²) in [6.07, 6.45) is 0.521. The number of morpholine rings is 1. The van der Waals surface area contributed by atoms with Crippen LogP contribution in [0.2, 0.25) is 0 Å². The fraction of sp³-hybridized carbons (Fsp3) is 0.529. The molecule has 0 spiro atoms. The third-order valence-corrected chi connectivity index (χ3v) is 3.99. The van der Waals surface area contributed by atoms with Crippen LogP contribution in [0.25, 0.3) is 0 Å². The number of aliphatic hydroxyl groups is 1. The first-order valence-electron chi connectivity index (χ1n) is 7.81. The van der Waals surface area contributed by atoms with Crippen molar-refractivity contribution in [2.45, 2.75) is 31.4 Å². The Morgan fingerprint density at radius 2 is 2.04 bits per heavy atom. The highest BCUT2D eigenvalue weighted by Gasteiger charge is 2.35. The summed E-state index contributed by atoms with van der Waals surface area (Å²) in [5.74, 6) is -0.350. The molecule has 1 heterocycles. The van der Waals surface area contributed by atoms with Crippen molar-refractivity contribution in [2.75, 3.05) is 26.9 Å². The van der Waals surface area contributed by atoms with E-state index in [9.17, 15) is 14.7 Å². The highest BCUT2D eigenvalue weighted by Crippen LogP contribution is 2.30. The van der Waals surface area contributed by atoms with Crippen LogP contribution in [-0.4, -0.2) is 54.9 Å². The van der Waals surface area contributed by atoms with Crippen LogP contribution in [0.4, 0.5) is 0 Å². The fourth-order valence-corrected chi connectivity index (χ4v) is 2.84. The average molecular weight is 321 g/mol. The Labute approximate surface area is 136 Å². The maximum atomic E-state index is 12.5. The van der Waals surface area contributed by atoms with Crippen molar-refractivity contribution < 1.29 is 24.2 Å². The number of benzene rings is 1. The summed E-state index contributed by atoms with van der Waals surface area (Å²) in [4.78, 5) is 25.5. The van der Waals surface area contributed by atoms with Gasteiger partial charge in [-0.15, -0.1) is 0 Å². The zero-order valence-corrected chi connectivity index (χ0v) is 13.3. The number of hydrogen-bond acceptors (Lipinski definition) is 5. The van der Waals surface area contributed by atoms with Crippen LogP contribution in [-0.2, 0) is 19.1 Å². The van der Waals surface area contributed by atoms with Crippen LogP contribution in [0.15, 0.2) is 30.3 Å². The van der Waals surface area contributed by atoms with Crippen molar-refractivity contribution in [3.8, 4) is 0 Å². The summed E-state index contributed by atoms with van der Waals surface area (Å²) in [6.45, 7) is 0.732. The number of methoxy groups -OCH3 is 1. The van der Waals surface area contributed by atoms with Gasteiger partial charge in [0.05, 0.1) is 26.4 Å². The molecule has 0 aliphatic carbocycles. The summed E-state index contributed by atoms with van der Waals surface area (Å²) >= 11 is 0. The monoisotopic (exact) mass is 321 g/mol. The Kier molecular flexibility index (Phi) is 6.55. The van der Waals surface area contributed by atoms with Crippen molar-refractivity contribution in [1.82, 2.24) is 4.90 Å². The van der Waals surface area contributed by atoms with E-state index >= 15 is 0 Å². The summed E-state index contributed by atoms with van der Waals surface area (Å²) in [5.41, 5.74) is 0.938. The Balaban J connectivity index is 2.07. The van der Waals surface area contributed by atoms with E-state index in [2.05, 4.69) is 4.74 Å². The smallest absolute Gasteiger partial charge is 0.305 e. The predicted molar refractivity (Wildman–Crippen MR) is 83.6 cm³/mol. The zero-order chi connectivity index (χ0) is 16.7. The van der Waals surface area contributed by atoms with Gasteiger partial charge in [-0.25, -0.2) is 0 Å². The molecular weight excluding hydrogens is 298 g/mol. The van der Waals surface area contributed by atoms with Crippen molar-refractivity contribution >= 4 is 11.9 Å². The van der Waals surface area contributed by atoms with Crippen molar-refractivity contribution in [3.05, 3.63) is 35.9 Å². The molecule has 1 aliphatic heterocycles. The summed E-state index contributed by atoms with van der Waals surface area (Å²) in [5, 5.41) is 9.58. The van der Waals surface area contributed by atoms with Crippen molar-refractivity contribution in [2.24, 2.45) is 0 Å². The number of aliphatic hydroxyl groups excluding tert-OH is 1. The second-order valence-corrected chi connectivity index (χ2v) is 5.46. The number of carbonyl (C=O) groups is 2. The topological polar surface area (TPSA) is 76.1 Å². The molecule has 23 heavy (non-hydrogen) atoms. The molecule has 126 valence electrons. The van der Waals surface area contributed by atoms with Gasteiger partial charge in [0.1, 0.15) is 6.10 Å². The predicted octanol–water partition coefficient (Wildman–Crippen LogP) is 1.29. The molecule has 6 heteroatoms. The molecule has 1 aliphatic rings. The van der Waals surface area contributed by atoms with Gasteiger partial charge in [0.2, 0.25) is 5.91 Å². The number of nitrogens with zero attached hydrogens (tertiary/aromatic N) is 1. The van der Waals surface area contributed by atoms with Crippen LogP contribution in [0, 0.1) is 0 Å². The molecule has 1 aromatic carbocycles. The lowest BCUT2D eigenvalue weighted by Crippen LogP contribution is -2.49. The Morgan fingerprint density at radius 3 is 2.70 bits per heavy atom. The molecule has 2 atom stereocenters. The van der Waals surface area contributed by atoms with E-state index in [1.165, 1.54) is 7.11 Å². The summed E-state index contributed by atoms with van der Waals surface area (Å²) in [6, 6.07) is 9.26. The Morgan fingerprint density at radius 1 is 1.30 bits per heavy atom. The fourth-order valence-electron chi connectivity index (χ4n) is 2.84. The minimum atomic E-state index is -0.435. The molecule has 0 radical (unpaired) electrons. The lowest BCUT2D eigenvalue weighted by Gasteiger charge is -2.41. The van der Waals surface area contributed by atoms with Gasteiger partial charge in [0.15, 0.2) is 0 Å². The maximum Gasteiger partial charge on any atom is 0.305 e. The van der Waals surface area contributed by atoms with Crippen molar-refractivity contribution in [1.29, 1.82) is 0 Å². The van der Waals surface area contributed by atoms with Gasteiger partial charge < -0.3 is 19.5 Å². The normalized spacial score (nSPS) is 21.0. The first-order chi connectivity index (χ1) is 11.2. The molecule has 2 rings (SSSR count). The van der Waals surface area contributed by atoms with Gasteiger partial charge in [-0.2, -0.15) is 0 Å². The van der Waals surface area contributed by atoms with Gasteiger partial charge in [-0.05, 0) is 12.0 Å². The Hall–Kier alpha value is -1.92. The molecule has 6 nitrogen and oxygen atoms in total. The first-order valence-corrected chi connectivity index (χ1v) is 7.81. The maximum absolute atomic E-state index is 12.5. The summed E-state index contributed by atoms with van der Waals surface area (Å²) < 4.78 is 10.2. The van der Waals surface area contributed by atoms with Gasteiger partial charge in [-0.3, -0.25) is 9.59 Å². The minimum Gasteiger partial charge on any atom is -0.469 e. The van der Waals surface area contributed by atoms with Crippen LogP contribution in [0.1, 0.15) is 30.9 Å². The van der Waals surface area contributed by atoms with E-state index in [0.29, 0.717) is 19.6 Å². The van der Waals surface area contributed by atoms with E-state index in [-0.39, 0.29) is 37.4 Å². The van der Waals surface area contributed by atoms with Crippen LogP contribution < -0.4 is 0 Å². The zero-order valence-electron chi connectivity index (χ0n) is 13.3. The van der Waals surface area contributed by atoms with E-state index in [1.807, 2.05) is 30.3 Å². The van der Waals surface area contributed by atoms with E-state index in [4.69, 9.17) is 4.74 Å². The first kappa shape index (κ1) is 17.4. The number of carbonyl (C=O) groups excluding carboxylic acids is 2. The molecular formula is C17H23NO5. The van der Waals surface area contributed by atoms with E-state index in [1.54, 1.807) is 4.90 Å². The van der Waals surface area contributed by atoms with Gasteiger partial charge in [0.25, 0.3) is 0 Å². The molecule has 0 saturated carbocycles. The van der Waals surface area contributed by atoms with Gasteiger partial charge in [0, 0.05) is 19.4 Å². The molecule has 1 amide bonds. The number of amides is 1. The number of ether oxygens (including phenoxy) is 2. The molecule has 0 aromatic heterocycles. The van der Waals surface area contributed by atoms with E-state index in [0.717, 1.165) is 5.56 Å². The molecule has 1 fully saturated rings. The largest absolute Gasteiger partial charge is 0.469 e. The standard InChI is InChI=1S/C17H23NO5/c1-22-16(21)9-5-8-15(20)18-10-11-23-14(12-19)17(18)13-6-3-2-4-7-13/h2-4,6-7,14,17,19H,5,8-12H2,1H3/t14-,17-/m0/s1. The van der Waals surface area contributed by atoms with Crippen LogP contribution in [0.3, 0.4) is 0 Å². The van der Waals surface area contributed by atoms with E-state index < -0.39 is 6.10 Å². The third kappa shape index (κ3) is 4.53. The molecule has 1 N–H and O–H groups in total. The van der Waals surface area contributed by atoms with Crippen LogP contribution in [0.5, 0.6) is 0 Å². The highest BCUT2D eigenvalue weighted by molar-refractivity contribution is 5.78. The third-order valence-electron chi connectivity index (χ3n) is 3.99. The lowest BCUT2D eigenvalue weighted by molar-refractivity contribution is -0.150. The summed E-state index contributed by atoms with van der Waals surface area (Å²) in [7, 11) is 1.34. The second kappa shape index (κ2) is 8.64. The molecule has 1 saturated heterocycles.